The first kappa shape index (κ1) is 29.8. The van der Waals surface area contributed by atoms with E-state index in [9.17, 15) is 24.3 Å². The Morgan fingerprint density at radius 3 is 1.84 bits per heavy atom. The van der Waals surface area contributed by atoms with Gasteiger partial charge in [0.05, 0.1) is 18.6 Å². The lowest BCUT2D eigenvalue weighted by Crippen LogP contribution is -2.52. The molecule has 0 fully saturated rings. The van der Waals surface area contributed by atoms with Crippen LogP contribution >= 0.6 is 0 Å². The van der Waals surface area contributed by atoms with Crippen molar-refractivity contribution in [2.75, 3.05) is 6.54 Å². The molecule has 0 aromatic heterocycles. The maximum Gasteiger partial charge on any atom is 0.303 e. The van der Waals surface area contributed by atoms with Crippen LogP contribution in [-0.4, -0.2) is 58.6 Å². The number of aliphatic hydroxyl groups excluding tert-OH is 1. The van der Waals surface area contributed by atoms with E-state index in [1.165, 1.54) is 0 Å². The Balaban J connectivity index is 5.02. The number of carboxylic acids is 1. The molecule has 0 saturated carbocycles. The molecule has 0 rings (SSSR count). The molecule has 0 aromatic carbocycles. The average molecular weight is 458 g/mol. The number of rotatable bonds is 15. The van der Waals surface area contributed by atoms with Gasteiger partial charge in [0.2, 0.25) is 17.7 Å². The van der Waals surface area contributed by atoms with Crippen LogP contribution in [0.5, 0.6) is 0 Å². The second kappa shape index (κ2) is 14.8. The molecule has 0 radical (unpaired) electrons. The van der Waals surface area contributed by atoms with Gasteiger partial charge in [-0.15, -0.1) is 0 Å². The molecular weight excluding hydrogens is 414 g/mol. The number of nitrogens with one attached hydrogen (secondary N) is 3. The fraction of sp³-hybridized carbons (Fsp3) is 0.826. The van der Waals surface area contributed by atoms with Crippen LogP contribution in [0.15, 0.2) is 0 Å². The third kappa shape index (κ3) is 12.6. The summed E-state index contributed by atoms with van der Waals surface area (Å²) in [6, 6.07) is -1.27. The maximum absolute atomic E-state index is 12.7. The van der Waals surface area contributed by atoms with Crippen molar-refractivity contribution < 1.29 is 29.4 Å². The molecule has 3 amide bonds. The van der Waals surface area contributed by atoms with Gasteiger partial charge in [0, 0.05) is 18.9 Å². The van der Waals surface area contributed by atoms with Crippen molar-refractivity contribution in [1.82, 2.24) is 16.0 Å². The third-order valence-electron chi connectivity index (χ3n) is 5.08. The zero-order chi connectivity index (χ0) is 25.0. The van der Waals surface area contributed by atoms with E-state index in [0.29, 0.717) is 18.9 Å². The molecule has 0 aliphatic heterocycles. The number of hydrogen-bond donors (Lipinski definition) is 5. The molecular formula is C23H43N3O6. The van der Waals surface area contributed by atoms with Crippen LogP contribution in [0.25, 0.3) is 0 Å². The summed E-state index contributed by atoms with van der Waals surface area (Å²) in [5.74, 6) is -2.32. The highest BCUT2D eigenvalue weighted by Crippen LogP contribution is 2.16. The molecule has 0 aliphatic rings. The molecule has 5 N–H and O–H groups in total. The molecule has 0 aliphatic carbocycles. The van der Waals surface area contributed by atoms with Gasteiger partial charge in [0.25, 0.3) is 0 Å². The first-order valence-electron chi connectivity index (χ1n) is 11.5. The minimum Gasteiger partial charge on any atom is -0.481 e. The van der Waals surface area contributed by atoms with Crippen LogP contribution in [0.1, 0.15) is 74.1 Å². The van der Waals surface area contributed by atoms with Crippen LogP contribution in [0.4, 0.5) is 0 Å². The summed E-state index contributed by atoms with van der Waals surface area (Å²) in [6.45, 7) is 13.8. The van der Waals surface area contributed by atoms with Crippen LogP contribution in [-0.2, 0) is 19.2 Å². The molecule has 0 heterocycles. The van der Waals surface area contributed by atoms with E-state index in [1.54, 1.807) is 6.92 Å². The number of carbonyl (C=O) groups is 4. The number of carboxylic acid groups (broad SMARTS) is 1. The van der Waals surface area contributed by atoms with Crippen molar-refractivity contribution in [3.8, 4) is 0 Å². The lowest BCUT2D eigenvalue weighted by atomic mass is 9.92. The Morgan fingerprint density at radius 1 is 0.781 bits per heavy atom. The number of aliphatic hydroxyl groups is 1. The smallest absolute Gasteiger partial charge is 0.303 e. The maximum atomic E-state index is 12.7. The molecule has 4 unspecified atom stereocenters. The quantitative estimate of drug-likeness (QED) is 0.253. The number of aliphatic carboxylic acids is 1. The van der Waals surface area contributed by atoms with Gasteiger partial charge in [-0.25, -0.2) is 0 Å². The molecule has 9 heteroatoms. The predicted octanol–water partition coefficient (Wildman–Crippen LogP) is 1.68. The van der Waals surface area contributed by atoms with Crippen LogP contribution in [0.2, 0.25) is 0 Å². The van der Waals surface area contributed by atoms with Crippen LogP contribution in [0.3, 0.4) is 0 Å². The van der Waals surface area contributed by atoms with Gasteiger partial charge in [-0.3, -0.25) is 19.2 Å². The Hall–Kier alpha value is -2.16. The third-order valence-corrected chi connectivity index (χ3v) is 5.08. The van der Waals surface area contributed by atoms with Gasteiger partial charge in [0.1, 0.15) is 6.04 Å². The summed E-state index contributed by atoms with van der Waals surface area (Å²) in [7, 11) is 0. The van der Waals surface area contributed by atoms with Crippen molar-refractivity contribution >= 4 is 23.7 Å². The minimum absolute atomic E-state index is 0.0981. The molecule has 0 bridgehead atoms. The summed E-state index contributed by atoms with van der Waals surface area (Å²) in [5.41, 5.74) is 0. The molecule has 0 aromatic rings. The summed E-state index contributed by atoms with van der Waals surface area (Å²) in [5, 5.41) is 27.8. The fourth-order valence-corrected chi connectivity index (χ4v) is 3.20. The average Bonchev–Trinajstić information content (AvgIpc) is 2.67. The van der Waals surface area contributed by atoms with Gasteiger partial charge >= 0.3 is 5.97 Å². The number of amides is 3. The fourth-order valence-electron chi connectivity index (χ4n) is 3.20. The number of hydrogen-bond acceptors (Lipinski definition) is 5. The second-order valence-corrected chi connectivity index (χ2v) is 9.77. The summed E-state index contributed by atoms with van der Waals surface area (Å²) in [4.78, 5) is 47.9. The molecule has 9 nitrogen and oxygen atoms in total. The Labute approximate surface area is 192 Å². The summed E-state index contributed by atoms with van der Waals surface area (Å²) >= 11 is 0. The van der Waals surface area contributed by atoms with Crippen molar-refractivity contribution in [3.63, 3.8) is 0 Å². The highest BCUT2D eigenvalue weighted by atomic mass is 16.4. The first-order valence-corrected chi connectivity index (χ1v) is 11.5. The highest BCUT2D eigenvalue weighted by molar-refractivity contribution is 5.88. The van der Waals surface area contributed by atoms with E-state index in [2.05, 4.69) is 16.0 Å². The van der Waals surface area contributed by atoms with Crippen LogP contribution < -0.4 is 16.0 Å². The van der Waals surface area contributed by atoms with Crippen molar-refractivity contribution in [1.29, 1.82) is 0 Å². The molecule has 186 valence electrons. The van der Waals surface area contributed by atoms with Gasteiger partial charge in [-0.2, -0.15) is 0 Å². The van der Waals surface area contributed by atoms with E-state index < -0.39 is 36.0 Å². The largest absolute Gasteiger partial charge is 0.481 e. The molecule has 4 atom stereocenters. The van der Waals surface area contributed by atoms with E-state index in [-0.39, 0.29) is 42.9 Å². The lowest BCUT2D eigenvalue weighted by Gasteiger charge is -2.28. The zero-order valence-corrected chi connectivity index (χ0v) is 20.6. The van der Waals surface area contributed by atoms with Gasteiger partial charge in [-0.1, -0.05) is 48.5 Å². The SMILES string of the molecule is CC(C)CNC(=O)C(NC(=O)C(C)CC(O)C(CC(C)C)NC(=O)CCC(=O)O)C(C)C. The highest BCUT2D eigenvalue weighted by Gasteiger charge is 2.30. The lowest BCUT2D eigenvalue weighted by molar-refractivity contribution is -0.139. The van der Waals surface area contributed by atoms with Gasteiger partial charge in [0.15, 0.2) is 0 Å². The Bertz CT molecular complexity index is 621. The predicted molar refractivity (Wildman–Crippen MR) is 123 cm³/mol. The van der Waals surface area contributed by atoms with Crippen LogP contribution in [0, 0.1) is 23.7 Å². The van der Waals surface area contributed by atoms with Crippen molar-refractivity contribution in [2.24, 2.45) is 23.7 Å². The van der Waals surface area contributed by atoms with Crippen molar-refractivity contribution in [2.45, 2.75) is 92.3 Å². The first-order chi connectivity index (χ1) is 14.7. The van der Waals surface area contributed by atoms with Gasteiger partial charge in [-0.05, 0) is 30.6 Å². The number of carbonyl (C=O) groups excluding carboxylic acids is 3. The summed E-state index contributed by atoms with van der Waals surface area (Å²) < 4.78 is 0. The van der Waals surface area contributed by atoms with E-state index in [4.69, 9.17) is 5.11 Å². The normalized spacial score (nSPS) is 15.2. The molecule has 32 heavy (non-hydrogen) atoms. The topological polar surface area (TPSA) is 145 Å². The second-order valence-electron chi connectivity index (χ2n) is 9.77. The monoisotopic (exact) mass is 457 g/mol. The Kier molecular flexibility index (Phi) is 13.8. The van der Waals surface area contributed by atoms with E-state index in [0.717, 1.165) is 0 Å². The van der Waals surface area contributed by atoms with E-state index in [1.807, 2.05) is 41.5 Å². The van der Waals surface area contributed by atoms with Gasteiger partial charge < -0.3 is 26.2 Å². The molecule has 0 spiro atoms. The van der Waals surface area contributed by atoms with E-state index >= 15 is 0 Å². The Morgan fingerprint density at radius 2 is 1.38 bits per heavy atom. The molecule has 0 saturated heterocycles. The summed E-state index contributed by atoms with van der Waals surface area (Å²) in [6.07, 6.45) is -0.862. The van der Waals surface area contributed by atoms with Crippen molar-refractivity contribution in [3.05, 3.63) is 0 Å². The minimum atomic E-state index is -1.07. The zero-order valence-electron chi connectivity index (χ0n) is 20.6. The standard InChI is InChI=1S/C23H43N3O6/c1-13(2)10-17(25-19(28)8-9-20(29)30)18(27)11-16(7)22(31)26-21(15(5)6)23(32)24-12-14(3)4/h13-18,21,27H,8-12H2,1-7H3,(H,24,32)(H,25,28)(H,26,31)(H,29,30).